The van der Waals surface area contributed by atoms with Gasteiger partial charge < -0.3 is 4.74 Å². The summed E-state index contributed by atoms with van der Waals surface area (Å²) in [6.07, 6.45) is -0.0147. The minimum absolute atomic E-state index is 0.0188. The summed E-state index contributed by atoms with van der Waals surface area (Å²) in [6, 6.07) is 28.9. The van der Waals surface area contributed by atoms with E-state index in [9.17, 15) is 9.59 Å². The number of carbonyl (C=O) groups is 2. The maximum absolute atomic E-state index is 13.7. The van der Waals surface area contributed by atoms with Crippen LogP contribution in [0, 0.1) is 11.8 Å². The van der Waals surface area contributed by atoms with Gasteiger partial charge in [-0.25, -0.2) is 9.69 Å². The van der Waals surface area contributed by atoms with Crippen molar-refractivity contribution in [1.82, 2.24) is 4.90 Å². The molecule has 1 saturated heterocycles. The summed E-state index contributed by atoms with van der Waals surface area (Å²) in [5, 5.41) is 0. The molecule has 0 aromatic heterocycles. The molecule has 2 amide bonds. The van der Waals surface area contributed by atoms with Crippen LogP contribution in [0.2, 0.25) is 0 Å². The number of carbonyl (C=O) groups excluding carboxylic acids is 2. The van der Waals surface area contributed by atoms with E-state index in [1.165, 1.54) is 4.90 Å². The summed E-state index contributed by atoms with van der Waals surface area (Å²) in [4.78, 5) is 28.4. The molecule has 3 aromatic carbocycles. The average molecular weight is 428 g/mol. The molecule has 1 aliphatic rings. The van der Waals surface area contributed by atoms with E-state index < -0.39 is 17.7 Å². The number of rotatable bonds is 6. The minimum atomic E-state index is -1.06. The summed E-state index contributed by atoms with van der Waals surface area (Å²) < 4.78 is 6.20. The van der Waals surface area contributed by atoms with Gasteiger partial charge in [0.2, 0.25) is 5.91 Å². The van der Waals surface area contributed by atoms with Crippen LogP contribution in [-0.4, -0.2) is 22.9 Å². The van der Waals surface area contributed by atoms with Gasteiger partial charge in [-0.1, -0.05) is 112 Å². The molecule has 1 fully saturated rings. The summed E-state index contributed by atoms with van der Waals surface area (Å²) in [5.41, 5.74) is 1.74. The lowest BCUT2D eigenvalue weighted by molar-refractivity contribution is -0.134. The first kappa shape index (κ1) is 21.8. The molecule has 4 heteroatoms. The number of hydrogen-bond donors (Lipinski definition) is 0. The summed E-state index contributed by atoms with van der Waals surface area (Å²) in [6.45, 7) is 5.95. The van der Waals surface area contributed by atoms with Gasteiger partial charge in [0.05, 0.1) is 6.04 Å². The first-order valence-electron chi connectivity index (χ1n) is 11.2. The Balaban J connectivity index is 1.78. The molecule has 0 unspecified atom stereocenters. The lowest BCUT2D eigenvalue weighted by Gasteiger charge is -2.38. The monoisotopic (exact) mass is 427 g/mol. The molecule has 0 saturated carbocycles. The van der Waals surface area contributed by atoms with E-state index in [4.69, 9.17) is 4.74 Å². The van der Waals surface area contributed by atoms with Crippen molar-refractivity contribution in [2.45, 2.75) is 38.8 Å². The molecular weight excluding hydrogens is 398 g/mol. The quantitative estimate of drug-likeness (QED) is 0.498. The Hall–Kier alpha value is -3.40. The highest BCUT2D eigenvalue weighted by Gasteiger charge is 2.59. The maximum atomic E-state index is 13.7. The maximum Gasteiger partial charge on any atom is 0.418 e. The number of benzene rings is 3. The third-order valence-electron chi connectivity index (χ3n) is 6.22. The molecule has 164 valence electrons. The van der Waals surface area contributed by atoms with Crippen LogP contribution in [0.15, 0.2) is 91.0 Å². The van der Waals surface area contributed by atoms with Crippen LogP contribution in [0.5, 0.6) is 0 Å². The molecule has 0 spiro atoms. The number of hydrogen-bond acceptors (Lipinski definition) is 3. The predicted molar refractivity (Wildman–Crippen MR) is 125 cm³/mol. The number of imide groups is 1. The van der Waals surface area contributed by atoms with Crippen molar-refractivity contribution >= 4 is 12.0 Å². The fourth-order valence-corrected chi connectivity index (χ4v) is 4.83. The Labute approximate surface area is 189 Å². The third-order valence-corrected chi connectivity index (χ3v) is 6.22. The summed E-state index contributed by atoms with van der Waals surface area (Å²) in [5.74, 6) is -0.574. The van der Waals surface area contributed by atoms with Crippen molar-refractivity contribution in [3.63, 3.8) is 0 Å². The Kier molecular flexibility index (Phi) is 6.13. The van der Waals surface area contributed by atoms with E-state index in [1.807, 2.05) is 112 Å². The second-order valence-corrected chi connectivity index (χ2v) is 8.82. The topological polar surface area (TPSA) is 46.6 Å². The molecule has 1 aliphatic heterocycles. The van der Waals surface area contributed by atoms with E-state index in [0.717, 1.165) is 16.7 Å². The Morgan fingerprint density at radius 3 is 1.78 bits per heavy atom. The van der Waals surface area contributed by atoms with Crippen molar-refractivity contribution in [2.75, 3.05) is 0 Å². The number of cyclic esters (lactones) is 1. The fourth-order valence-electron chi connectivity index (χ4n) is 4.83. The Bertz CT molecular complexity index is 1020. The van der Waals surface area contributed by atoms with Crippen LogP contribution in [0.25, 0.3) is 0 Å². The Morgan fingerprint density at radius 2 is 1.31 bits per heavy atom. The second kappa shape index (κ2) is 8.99. The van der Waals surface area contributed by atoms with Gasteiger partial charge in [-0.2, -0.15) is 0 Å². The van der Waals surface area contributed by atoms with E-state index in [2.05, 4.69) is 0 Å². The third kappa shape index (κ3) is 3.81. The number of amides is 2. The van der Waals surface area contributed by atoms with E-state index in [-0.39, 0.29) is 17.7 Å². The van der Waals surface area contributed by atoms with Gasteiger partial charge in [0, 0.05) is 17.0 Å². The van der Waals surface area contributed by atoms with Crippen molar-refractivity contribution in [1.29, 1.82) is 0 Å². The van der Waals surface area contributed by atoms with Crippen molar-refractivity contribution < 1.29 is 14.3 Å². The normalized spacial score (nSPS) is 18.4. The predicted octanol–water partition coefficient (Wildman–Crippen LogP) is 5.81. The Morgan fingerprint density at radius 1 is 0.844 bits per heavy atom. The van der Waals surface area contributed by atoms with Crippen molar-refractivity contribution in [3.8, 4) is 0 Å². The van der Waals surface area contributed by atoms with Gasteiger partial charge in [0.25, 0.3) is 0 Å². The van der Waals surface area contributed by atoms with Gasteiger partial charge in [-0.15, -0.1) is 0 Å². The fraction of sp³-hybridized carbons (Fsp3) is 0.286. The second-order valence-electron chi connectivity index (χ2n) is 8.82. The molecule has 3 aromatic rings. The van der Waals surface area contributed by atoms with Gasteiger partial charge in [-0.05, 0) is 17.9 Å². The molecule has 1 heterocycles. The standard InChI is InChI=1S/C28H29NO3/c1-20(2)25-28(23-15-9-5-10-16-23,24-17-11-6-12-18-24)32-27(31)29(25)26(30)21(3)19-22-13-7-4-8-14-22/h4-18,20-21,25H,19H2,1-3H3/t21-,25-/m0/s1. The lowest BCUT2D eigenvalue weighted by atomic mass is 9.75. The van der Waals surface area contributed by atoms with E-state index >= 15 is 0 Å². The average Bonchev–Trinajstić information content (AvgIpc) is 3.14. The molecule has 0 radical (unpaired) electrons. The molecule has 2 atom stereocenters. The molecule has 0 aliphatic carbocycles. The van der Waals surface area contributed by atoms with Gasteiger partial charge in [0.15, 0.2) is 5.60 Å². The van der Waals surface area contributed by atoms with Crippen LogP contribution in [-0.2, 0) is 21.6 Å². The van der Waals surface area contributed by atoms with E-state index in [0.29, 0.717) is 6.42 Å². The van der Waals surface area contributed by atoms with Crippen molar-refractivity contribution in [3.05, 3.63) is 108 Å². The first-order chi connectivity index (χ1) is 15.4. The number of nitrogens with zero attached hydrogens (tertiary/aromatic N) is 1. The molecule has 4 rings (SSSR count). The molecule has 4 nitrogen and oxygen atoms in total. The first-order valence-corrected chi connectivity index (χ1v) is 11.2. The van der Waals surface area contributed by atoms with Crippen LogP contribution < -0.4 is 0 Å². The zero-order valence-electron chi connectivity index (χ0n) is 18.8. The zero-order chi connectivity index (χ0) is 22.7. The van der Waals surface area contributed by atoms with Crippen LogP contribution >= 0.6 is 0 Å². The smallest absolute Gasteiger partial charge is 0.418 e. The summed E-state index contributed by atoms with van der Waals surface area (Å²) in [7, 11) is 0. The minimum Gasteiger partial charge on any atom is -0.430 e. The molecule has 0 bridgehead atoms. The van der Waals surface area contributed by atoms with Crippen LogP contribution in [0.1, 0.15) is 37.5 Å². The molecule has 0 N–H and O–H groups in total. The van der Waals surface area contributed by atoms with Gasteiger partial charge in [0.1, 0.15) is 0 Å². The molecule has 32 heavy (non-hydrogen) atoms. The highest BCUT2D eigenvalue weighted by atomic mass is 16.6. The highest BCUT2D eigenvalue weighted by Crippen LogP contribution is 2.47. The van der Waals surface area contributed by atoms with Crippen LogP contribution in [0.3, 0.4) is 0 Å². The number of ether oxygens (including phenoxy) is 1. The highest BCUT2D eigenvalue weighted by molar-refractivity contribution is 5.96. The largest absolute Gasteiger partial charge is 0.430 e. The van der Waals surface area contributed by atoms with Crippen LogP contribution in [0.4, 0.5) is 4.79 Å². The van der Waals surface area contributed by atoms with Gasteiger partial charge >= 0.3 is 6.09 Å². The lowest BCUT2D eigenvalue weighted by Crippen LogP contribution is -2.51. The zero-order valence-corrected chi connectivity index (χ0v) is 18.8. The molecular formula is C28H29NO3. The SMILES string of the molecule is CC(C)[C@@H]1N(C(=O)[C@@H](C)Cc2ccccc2)C(=O)OC1(c1ccccc1)c1ccccc1. The van der Waals surface area contributed by atoms with E-state index in [1.54, 1.807) is 0 Å². The van der Waals surface area contributed by atoms with Gasteiger partial charge in [-0.3, -0.25) is 4.79 Å². The van der Waals surface area contributed by atoms with Crippen molar-refractivity contribution in [2.24, 2.45) is 11.8 Å². The summed E-state index contributed by atoms with van der Waals surface area (Å²) >= 11 is 0.